The predicted octanol–water partition coefficient (Wildman–Crippen LogP) is 13.7. The molecule has 0 amide bonds. The number of rotatable bonds is 6. The van der Waals surface area contributed by atoms with Crippen molar-refractivity contribution in [2.24, 2.45) is 0 Å². The first-order valence-electron chi connectivity index (χ1n) is 22.9. The van der Waals surface area contributed by atoms with Gasteiger partial charge in [0.1, 0.15) is 47.7 Å². The first-order valence-corrected chi connectivity index (χ1v) is 25.9. The van der Waals surface area contributed by atoms with Gasteiger partial charge in [-0.3, -0.25) is 11.8 Å². The van der Waals surface area contributed by atoms with Crippen LogP contribution in [0.25, 0.3) is 64.6 Å². The molecule has 0 aliphatic heterocycles. The number of benzene rings is 13. The van der Waals surface area contributed by atoms with E-state index in [0.29, 0.717) is 0 Å². The van der Waals surface area contributed by atoms with E-state index < -0.39 is 15.8 Å². The molecule has 0 N–H and O–H groups in total. The molecule has 0 atom stereocenters. The van der Waals surface area contributed by atoms with Crippen molar-refractivity contribution in [2.75, 3.05) is 0 Å². The first kappa shape index (κ1) is 48.4. The summed E-state index contributed by atoms with van der Waals surface area (Å²) in [5.74, 6) is 5.06. The van der Waals surface area contributed by atoms with Gasteiger partial charge in [0.15, 0.2) is 0 Å². The van der Waals surface area contributed by atoms with E-state index in [-0.39, 0.29) is 44.8 Å². The van der Waals surface area contributed by atoms with E-state index >= 15 is 0 Å². The van der Waals surface area contributed by atoms with E-state index in [1.165, 1.54) is 85.7 Å². The summed E-state index contributed by atoms with van der Waals surface area (Å²) in [5.41, 5.74) is 1.72. The standard InChI is InChI=1S/C30H24P2.2C18H9.2Ag/c1-5-15-25(16-6-1)31(26-17-7-2-8-18-26)29-23-13-14-24-30(29)32(27-19-9-3-10-20-27)28-21-11-4-12-22-28;2*1-2-12-6-7-15-9-8-13-4-3-5-14-10-11-16(12)18(15)17(13)14;;/h1-24H;2*3-11H;;/q;2*-1;2*+1/p+2. The van der Waals surface area contributed by atoms with Crippen LogP contribution in [0.1, 0.15) is 11.1 Å². The summed E-state index contributed by atoms with van der Waals surface area (Å²) in [5, 5.41) is 23.5. The van der Waals surface area contributed by atoms with Crippen LogP contribution in [0.15, 0.2) is 255 Å². The van der Waals surface area contributed by atoms with E-state index in [9.17, 15) is 0 Å². The summed E-state index contributed by atoms with van der Waals surface area (Å²) < 4.78 is 0. The molecule has 0 saturated carbocycles. The monoisotopic (exact) mass is 1110 g/mol. The molecule has 70 heavy (non-hydrogen) atoms. The predicted molar refractivity (Wildman–Crippen MR) is 299 cm³/mol. The minimum Gasteiger partial charge on any atom is -0.366 e. The van der Waals surface area contributed by atoms with Gasteiger partial charge in [-0.15, -0.1) is 23.3 Å². The third-order valence-corrected chi connectivity index (χ3v) is 18.9. The summed E-state index contributed by atoms with van der Waals surface area (Å²) in [7, 11) is -2.28. The molecule has 13 rings (SSSR count). The summed E-state index contributed by atoms with van der Waals surface area (Å²) in [6, 6.07) is 91.3. The zero-order valence-electron chi connectivity index (χ0n) is 37.9. The molecule has 0 heterocycles. The van der Waals surface area contributed by atoms with Gasteiger partial charge in [0.2, 0.25) is 0 Å². The quantitative estimate of drug-likeness (QED) is 0.0512. The second-order valence-corrected chi connectivity index (χ2v) is 21.8. The van der Waals surface area contributed by atoms with Crippen molar-refractivity contribution >= 4 is 112 Å². The fourth-order valence-corrected chi connectivity index (χ4v) is 16.0. The van der Waals surface area contributed by atoms with Crippen molar-refractivity contribution in [1.82, 2.24) is 0 Å². The van der Waals surface area contributed by atoms with Crippen LogP contribution in [0.3, 0.4) is 0 Å². The molecule has 0 nitrogen and oxygen atoms in total. The Balaban J connectivity index is 0.000000137. The smallest absolute Gasteiger partial charge is 0.366 e. The molecular weight excluding hydrogens is 1070 g/mol. The first-order chi connectivity index (χ1) is 33.7. The Morgan fingerprint density at radius 3 is 0.800 bits per heavy atom. The SMILES string of the molecule is [Ag+].[Ag+].[C-]#Cc1ccc2ccc3cccc4ccc1c2c34.[C-]#Cc1ccc2ccc3cccc4ccc1c2c34.c1ccc([PH+](c2ccccc2)c2ccccc2[PH+](c2ccccc2)c2ccccc2)cc1. The van der Waals surface area contributed by atoms with Crippen molar-refractivity contribution in [3.05, 3.63) is 279 Å². The van der Waals surface area contributed by atoms with Crippen molar-refractivity contribution in [3.63, 3.8) is 0 Å². The van der Waals surface area contributed by atoms with Gasteiger partial charge < -0.3 is 12.8 Å². The van der Waals surface area contributed by atoms with E-state index in [2.05, 4.69) is 254 Å². The topological polar surface area (TPSA) is 0 Å². The van der Waals surface area contributed by atoms with E-state index in [1.807, 2.05) is 12.1 Å². The minimum absolute atomic E-state index is 0. The average molecular weight is 1110 g/mol. The molecule has 0 spiro atoms. The van der Waals surface area contributed by atoms with Crippen LogP contribution in [0.2, 0.25) is 0 Å². The van der Waals surface area contributed by atoms with E-state index in [4.69, 9.17) is 12.8 Å². The van der Waals surface area contributed by atoms with E-state index in [1.54, 1.807) is 0 Å². The fourth-order valence-electron chi connectivity index (χ4n) is 9.98. The van der Waals surface area contributed by atoms with Crippen molar-refractivity contribution in [3.8, 4) is 11.8 Å². The second kappa shape index (κ2) is 22.0. The van der Waals surface area contributed by atoms with Gasteiger partial charge in [-0.05, 0) is 115 Å². The molecule has 4 heteroatoms. The summed E-state index contributed by atoms with van der Waals surface area (Å²) in [6.45, 7) is 0. The molecule has 0 unspecified atom stereocenters. The van der Waals surface area contributed by atoms with Gasteiger partial charge in [-0.25, -0.2) is 0 Å². The number of hydrogen-bond acceptors (Lipinski definition) is 0. The maximum atomic E-state index is 7.41. The van der Waals surface area contributed by atoms with Crippen LogP contribution in [-0.4, -0.2) is 0 Å². The Morgan fingerprint density at radius 1 is 0.243 bits per heavy atom. The van der Waals surface area contributed by atoms with Crippen LogP contribution < -0.4 is 31.8 Å². The Bertz CT molecular complexity index is 3570. The van der Waals surface area contributed by atoms with E-state index in [0.717, 1.165) is 21.9 Å². The van der Waals surface area contributed by atoms with Gasteiger partial charge in [0.25, 0.3) is 0 Å². The Hall–Kier alpha value is -6.60. The largest absolute Gasteiger partial charge is 1.00 e. The zero-order valence-corrected chi connectivity index (χ0v) is 42.8. The van der Waals surface area contributed by atoms with Gasteiger partial charge in [0.05, 0.1) is 0 Å². The summed E-state index contributed by atoms with van der Waals surface area (Å²) >= 11 is 0. The van der Waals surface area contributed by atoms with Crippen LogP contribution in [-0.2, 0) is 44.8 Å². The van der Waals surface area contributed by atoms with Gasteiger partial charge in [0, 0.05) is 0 Å². The van der Waals surface area contributed by atoms with Gasteiger partial charge in [-0.1, -0.05) is 193 Å². The second-order valence-electron chi connectivity index (χ2n) is 16.9. The molecule has 0 fully saturated rings. The normalized spacial score (nSPS) is 10.9. The third-order valence-electron chi connectivity index (χ3n) is 13.0. The summed E-state index contributed by atoms with van der Waals surface area (Å²) in [4.78, 5) is 0. The van der Waals surface area contributed by atoms with Gasteiger partial charge >= 0.3 is 44.8 Å². The van der Waals surface area contributed by atoms with Crippen molar-refractivity contribution in [2.45, 2.75) is 0 Å². The Labute approximate surface area is 444 Å². The average Bonchev–Trinajstić information content (AvgIpc) is 3.41. The minimum atomic E-state index is -1.14. The molecule has 0 aromatic heterocycles. The third kappa shape index (κ3) is 9.40. The molecule has 0 saturated heterocycles. The van der Waals surface area contributed by atoms with Crippen LogP contribution in [0.4, 0.5) is 0 Å². The van der Waals surface area contributed by atoms with Crippen molar-refractivity contribution in [1.29, 1.82) is 0 Å². The fraction of sp³-hybridized carbons (Fsp3) is 0. The zero-order chi connectivity index (χ0) is 45.8. The van der Waals surface area contributed by atoms with Gasteiger partial charge in [-0.2, -0.15) is 0 Å². The summed E-state index contributed by atoms with van der Waals surface area (Å²) in [6.07, 6.45) is 14.8. The molecule has 0 aliphatic rings. The molecule has 338 valence electrons. The molecular formula is C66H44Ag2P2+2. The maximum absolute atomic E-state index is 7.41. The molecule has 0 bridgehead atoms. The maximum Gasteiger partial charge on any atom is 1.00 e. The Kier molecular flexibility index (Phi) is 15.2. The van der Waals surface area contributed by atoms with Crippen LogP contribution in [0, 0.1) is 24.7 Å². The molecule has 0 radical (unpaired) electrons. The van der Waals surface area contributed by atoms with Crippen LogP contribution in [0.5, 0.6) is 0 Å². The number of hydrogen-bond donors (Lipinski definition) is 0. The molecule has 13 aromatic rings. The molecule has 0 aliphatic carbocycles. The van der Waals surface area contributed by atoms with Crippen LogP contribution >= 0.6 is 15.8 Å². The Morgan fingerprint density at radius 2 is 0.500 bits per heavy atom. The van der Waals surface area contributed by atoms with Crippen molar-refractivity contribution < 1.29 is 44.8 Å². The molecule has 13 aromatic carbocycles.